The largest absolute Gasteiger partial charge is 0.312 e. The summed E-state index contributed by atoms with van der Waals surface area (Å²) < 4.78 is 22.7. The lowest BCUT2D eigenvalue weighted by atomic mass is 9.87. The van der Waals surface area contributed by atoms with E-state index in [1.165, 1.54) is 25.7 Å². The van der Waals surface area contributed by atoms with Gasteiger partial charge < -0.3 is 10.2 Å². The minimum atomic E-state index is -2.75. The maximum atomic E-state index is 11.4. The molecule has 2 rings (SSSR count). The van der Waals surface area contributed by atoms with E-state index in [-0.39, 0.29) is 6.04 Å². The standard InChI is InChI=1S/C14H28N2O2S/c1-12-3-5-14(6-4-12)16(2)9-8-15-13-7-10-19(17,18)11-13/h12-15H,3-11H2,1-2H3. The second-order valence-corrected chi connectivity index (χ2v) is 8.68. The Bertz CT molecular complexity index is 375. The second kappa shape index (κ2) is 6.55. The zero-order valence-electron chi connectivity index (χ0n) is 12.3. The summed E-state index contributed by atoms with van der Waals surface area (Å²) in [6.45, 7) is 4.27. The van der Waals surface area contributed by atoms with Crippen LogP contribution in [0.1, 0.15) is 39.0 Å². The van der Waals surface area contributed by atoms with Crippen molar-refractivity contribution in [1.82, 2.24) is 10.2 Å². The first-order chi connectivity index (χ1) is 8.96. The predicted octanol–water partition coefficient (Wildman–Crippen LogP) is 1.27. The van der Waals surface area contributed by atoms with E-state index in [0.29, 0.717) is 11.5 Å². The van der Waals surface area contributed by atoms with Crippen LogP contribution in [0.2, 0.25) is 0 Å². The molecule has 1 saturated carbocycles. The first-order valence-corrected chi connectivity index (χ1v) is 9.42. The van der Waals surface area contributed by atoms with Gasteiger partial charge in [0.1, 0.15) is 0 Å². The monoisotopic (exact) mass is 288 g/mol. The van der Waals surface area contributed by atoms with Crippen LogP contribution in [0.3, 0.4) is 0 Å². The molecule has 0 aromatic rings. The fourth-order valence-electron chi connectivity index (χ4n) is 3.27. The highest BCUT2D eigenvalue weighted by Gasteiger charge is 2.27. The predicted molar refractivity (Wildman–Crippen MR) is 79.1 cm³/mol. The molecule has 0 spiro atoms. The first kappa shape index (κ1) is 15.3. The van der Waals surface area contributed by atoms with Crippen molar-refractivity contribution in [2.75, 3.05) is 31.6 Å². The molecular formula is C14H28N2O2S. The van der Waals surface area contributed by atoms with Gasteiger partial charge in [-0.1, -0.05) is 6.92 Å². The summed E-state index contributed by atoms with van der Waals surface area (Å²) in [5.41, 5.74) is 0. The van der Waals surface area contributed by atoms with Gasteiger partial charge in [0, 0.05) is 25.2 Å². The van der Waals surface area contributed by atoms with E-state index in [0.717, 1.165) is 31.5 Å². The van der Waals surface area contributed by atoms with Crippen molar-refractivity contribution in [3.63, 3.8) is 0 Å². The van der Waals surface area contributed by atoms with Crippen molar-refractivity contribution in [3.8, 4) is 0 Å². The first-order valence-electron chi connectivity index (χ1n) is 7.60. The van der Waals surface area contributed by atoms with Crippen LogP contribution in [0.25, 0.3) is 0 Å². The minimum Gasteiger partial charge on any atom is -0.312 e. The van der Waals surface area contributed by atoms with Crippen LogP contribution >= 0.6 is 0 Å². The third kappa shape index (κ3) is 4.72. The van der Waals surface area contributed by atoms with E-state index in [2.05, 4.69) is 24.2 Å². The molecule has 1 aliphatic carbocycles. The topological polar surface area (TPSA) is 49.4 Å². The molecular weight excluding hydrogens is 260 g/mol. The number of likely N-dealkylation sites (N-methyl/N-ethyl adjacent to an activating group) is 1. The Morgan fingerprint density at radius 3 is 2.42 bits per heavy atom. The van der Waals surface area contributed by atoms with Gasteiger partial charge in [-0.05, 0) is 45.1 Å². The summed E-state index contributed by atoms with van der Waals surface area (Å²) in [5.74, 6) is 1.59. The Kier molecular flexibility index (Phi) is 5.26. The molecule has 0 bridgehead atoms. The number of rotatable bonds is 5. The number of nitrogens with one attached hydrogen (secondary N) is 1. The van der Waals surface area contributed by atoms with Crippen molar-refractivity contribution >= 4 is 9.84 Å². The Hall–Kier alpha value is -0.130. The van der Waals surface area contributed by atoms with Gasteiger partial charge in [-0.2, -0.15) is 0 Å². The van der Waals surface area contributed by atoms with Gasteiger partial charge in [0.25, 0.3) is 0 Å². The summed E-state index contributed by atoms with van der Waals surface area (Å²) >= 11 is 0. The van der Waals surface area contributed by atoms with E-state index in [1.54, 1.807) is 0 Å². The van der Waals surface area contributed by atoms with E-state index >= 15 is 0 Å². The van der Waals surface area contributed by atoms with Crippen LogP contribution in [-0.2, 0) is 9.84 Å². The normalized spacial score (nSPS) is 34.8. The quantitative estimate of drug-likeness (QED) is 0.828. The SMILES string of the molecule is CC1CCC(N(C)CCNC2CCS(=O)(=O)C2)CC1. The molecule has 2 aliphatic rings. The van der Waals surface area contributed by atoms with Crippen LogP contribution in [0, 0.1) is 5.92 Å². The van der Waals surface area contributed by atoms with Gasteiger partial charge in [-0.15, -0.1) is 0 Å². The van der Waals surface area contributed by atoms with E-state index in [4.69, 9.17) is 0 Å². The molecule has 1 N–H and O–H groups in total. The lowest BCUT2D eigenvalue weighted by molar-refractivity contribution is 0.170. The molecule has 0 aromatic carbocycles. The highest BCUT2D eigenvalue weighted by atomic mass is 32.2. The number of sulfone groups is 1. The molecule has 1 atom stereocenters. The number of hydrogen-bond acceptors (Lipinski definition) is 4. The maximum Gasteiger partial charge on any atom is 0.151 e. The molecule has 0 amide bonds. The van der Waals surface area contributed by atoms with Gasteiger partial charge in [0.2, 0.25) is 0 Å². The zero-order chi connectivity index (χ0) is 13.9. The molecule has 2 fully saturated rings. The van der Waals surface area contributed by atoms with Gasteiger partial charge in [0.05, 0.1) is 11.5 Å². The molecule has 0 aromatic heterocycles. The van der Waals surface area contributed by atoms with Crippen LogP contribution in [0.5, 0.6) is 0 Å². The Balaban J connectivity index is 1.63. The van der Waals surface area contributed by atoms with Crippen LogP contribution in [0.15, 0.2) is 0 Å². The lowest BCUT2D eigenvalue weighted by Crippen LogP contribution is -2.41. The van der Waals surface area contributed by atoms with Crippen molar-refractivity contribution in [1.29, 1.82) is 0 Å². The van der Waals surface area contributed by atoms with Gasteiger partial charge in [0.15, 0.2) is 9.84 Å². The summed E-state index contributed by atoms with van der Waals surface area (Å²) in [5, 5.41) is 3.40. The van der Waals surface area contributed by atoms with Crippen molar-refractivity contribution < 1.29 is 8.42 Å². The van der Waals surface area contributed by atoms with Crippen molar-refractivity contribution in [2.45, 2.75) is 51.1 Å². The summed E-state index contributed by atoms with van der Waals surface area (Å²) in [7, 11) is -0.547. The molecule has 1 heterocycles. The van der Waals surface area contributed by atoms with E-state index in [1.807, 2.05) is 0 Å². The van der Waals surface area contributed by atoms with Crippen LogP contribution < -0.4 is 5.32 Å². The average molecular weight is 288 g/mol. The van der Waals surface area contributed by atoms with Crippen LogP contribution in [-0.4, -0.2) is 57.0 Å². The van der Waals surface area contributed by atoms with E-state index < -0.39 is 9.84 Å². The second-order valence-electron chi connectivity index (χ2n) is 6.45. The molecule has 4 nitrogen and oxygen atoms in total. The molecule has 5 heteroatoms. The third-order valence-corrected chi connectivity index (χ3v) is 6.51. The molecule has 0 radical (unpaired) electrons. The average Bonchev–Trinajstić information content (AvgIpc) is 2.69. The number of nitrogens with zero attached hydrogens (tertiary/aromatic N) is 1. The summed E-state index contributed by atoms with van der Waals surface area (Å²) in [6.07, 6.45) is 6.12. The maximum absolute atomic E-state index is 11.4. The summed E-state index contributed by atoms with van der Waals surface area (Å²) in [6, 6.07) is 0.912. The molecule has 19 heavy (non-hydrogen) atoms. The highest BCUT2D eigenvalue weighted by molar-refractivity contribution is 7.91. The summed E-state index contributed by atoms with van der Waals surface area (Å²) in [4.78, 5) is 2.45. The Morgan fingerprint density at radius 2 is 1.84 bits per heavy atom. The molecule has 1 unspecified atom stereocenters. The lowest BCUT2D eigenvalue weighted by Gasteiger charge is -2.33. The Labute approximate surface area is 117 Å². The van der Waals surface area contributed by atoms with Crippen molar-refractivity contribution in [3.05, 3.63) is 0 Å². The van der Waals surface area contributed by atoms with Crippen LogP contribution in [0.4, 0.5) is 0 Å². The van der Waals surface area contributed by atoms with E-state index in [9.17, 15) is 8.42 Å². The van der Waals surface area contributed by atoms with Gasteiger partial charge >= 0.3 is 0 Å². The van der Waals surface area contributed by atoms with Gasteiger partial charge in [-0.3, -0.25) is 0 Å². The minimum absolute atomic E-state index is 0.185. The highest BCUT2D eigenvalue weighted by Crippen LogP contribution is 2.26. The Morgan fingerprint density at radius 1 is 1.16 bits per heavy atom. The molecule has 1 aliphatic heterocycles. The molecule has 112 valence electrons. The smallest absolute Gasteiger partial charge is 0.151 e. The fourth-order valence-corrected chi connectivity index (χ4v) is 4.97. The third-order valence-electron chi connectivity index (χ3n) is 4.74. The zero-order valence-corrected chi connectivity index (χ0v) is 13.1. The van der Waals surface area contributed by atoms with Crippen molar-refractivity contribution in [2.24, 2.45) is 5.92 Å². The number of hydrogen-bond donors (Lipinski definition) is 1. The van der Waals surface area contributed by atoms with Gasteiger partial charge in [-0.25, -0.2) is 8.42 Å². The fraction of sp³-hybridized carbons (Fsp3) is 1.00. The molecule has 1 saturated heterocycles.